The molecule has 1 unspecified atom stereocenters. The SMILES string of the molecule is Cc1cc(C(=O)NCC2CCN(C)CC2)ccc1-c1ccc(CC(NC(=O)C2CCC(CNC(=O)OC(C)(C)C)CC2)C(=O)Nc2ccc(-c3n[nH]c(C(F)(F)C(F)(F)C(=O)O)n3)cc2)cc1. The lowest BCUT2D eigenvalue weighted by atomic mass is 9.81. The molecule has 1 aliphatic heterocycles. The Labute approximate surface area is 386 Å². The normalized spacial score (nSPS) is 17.8. The van der Waals surface area contributed by atoms with Crippen LogP contribution in [-0.4, -0.2) is 106 Å². The molecular formula is C48H58F4N8O7. The lowest BCUT2D eigenvalue weighted by Gasteiger charge is -2.29. The third kappa shape index (κ3) is 13.0. The highest BCUT2D eigenvalue weighted by molar-refractivity contribution is 5.98. The van der Waals surface area contributed by atoms with E-state index in [1.54, 1.807) is 31.9 Å². The van der Waals surface area contributed by atoms with Gasteiger partial charge in [-0.25, -0.2) is 14.6 Å². The van der Waals surface area contributed by atoms with Gasteiger partial charge in [-0.1, -0.05) is 30.3 Å². The number of carbonyl (C=O) groups is 5. The minimum atomic E-state index is -5.45. The third-order valence-electron chi connectivity index (χ3n) is 12.2. The van der Waals surface area contributed by atoms with Gasteiger partial charge in [0, 0.05) is 42.2 Å². The van der Waals surface area contributed by atoms with Crippen molar-refractivity contribution in [2.45, 2.75) is 96.1 Å². The Bertz CT molecular complexity index is 2390. The average Bonchev–Trinajstić information content (AvgIpc) is 3.79. The molecule has 0 bridgehead atoms. The molecule has 6 N–H and O–H groups in total. The highest BCUT2D eigenvalue weighted by Gasteiger charge is 2.65. The van der Waals surface area contributed by atoms with Gasteiger partial charge < -0.3 is 36.0 Å². The largest absolute Gasteiger partial charge is 0.477 e. The zero-order chi connectivity index (χ0) is 48.7. The van der Waals surface area contributed by atoms with Gasteiger partial charge in [0.2, 0.25) is 17.6 Å². The van der Waals surface area contributed by atoms with Gasteiger partial charge in [0.05, 0.1) is 0 Å². The number of likely N-dealkylation sites (tertiary alicyclic amines) is 1. The molecule has 67 heavy (non-hydrogen) atoms. The summed E-state index contributed by atoms with van der Waals surface area (Å²) >= 11 is 0. The number of aryl methyl sites for hydroxylation is 1. The van der Waals surface area contributed by atoms with Crippen LogP contribution in [0.3, 0.4) is 0 Å². The van der Waals surface area contributed by atoms with E-state index in [9.17, 15) is 41.5 Å². The van der Waals surface area contributed by atoms with Crippen LogP contribution in [0.15, 0.2) is 66.7 Å². The minimum absolute atomic E-state index is 0.0907. The number of aromatic nitrogens is 3. The molecule has 19 heteroatoms. The zero-order valence-corrected chi connectivity index (χ0v) is 38.2. The predicted molar refractivity (Wildman–Crippen MR) is 241 cm³/mol. The number of carboxylic acid groups (broad SMARTS) is 1. The number of aromatic amines is 1. The Morgan fingerprint density at radius 3 is 2.06 bits per heavy atom. The first-order valence-corrected chi connectivity index (χ1v) is 22.4. The summed E-state index contributed by atoms with van der Waals surface area (Å²) in [7, 11) is 2.10. The summed E-state index contributed by atoms with van der Waals surface area (Å²) in [5.74, 6) is -16.5. The molecule has 0 radical (unpaired) electrons. The van der Waals surface area contributed by atoms with E-state index in [0.717, 1.165) is 48.2 Å². The number of benzene rings is 3. The predicted octanol–water partition coefficient (Wildman–Crippen LogP) is 7.33. The summed E-state index contributed by atoms with van der Waals surface area (Å²) < 4.78 is 61.5. The molecule has 1 aromatic heterocycles. The van der Waals surface area contributed by atoms with E-state index < -0.39 is 53.1 Å². The fraction of sp³-hybridized carbons (Fsp3) is 0.479. The second kappa shape index (κ2) is 21.1. The molecule has 1 aliphatic carbocycles. The number of alkyl halides is 4. The first kappa shape index (κ1) is 50.1. The van der Waals surface area contributed by atoms with E-state index in [-0.39, 0.29) is 41.3 Å². The Hall–Kier alpha value is -6.37. The number of amides is 4. The molecule has 360 valence electrons. The number of carbonyl (C=O) groups excluding carboxylic acids is 4. The molecular weight excluding hydrogens is 877 g/mol. The lowest BCUT2D eigenvalue weighted by molar-refractivity contribution is -0.231. The maximum Gasteiger partial charge on any atom is 0.411 e. The fourth-order valence-electron chi connectivity index (χ4n) is 8.21. The maximum atomic E-state index is 14.3. The fourth-order valence-corrected chi connectivity index (χ4v) is 8.21. The average molecular weight is 935 g/mol. The van der Waals surface area contributed by atoms with Gasteiger partial charge in [0.1, 0.15) is 11.6 Å². The Morgan fingerprint density at radius 1 is 0.836 bits per heavy atom. The van der Waals surface area contributed by atoms with Gasteiger partial charge >= 0.3 is 23.9 Å². The van der Waals surface area contributed by atoms with Crippen LogP contribution in [-0.2, 0) is 31.5 Å². The third-order valence-corrected chi connectivity index (χ3v) is 12.2. The summed E-state index contributed by atoms with van der Waals surface area (Å²) in [6.45, 7) is 10.4. The molecule has 2 aliphatic rings. The van der Waals surface area contributed by atoms with Crippen molar-refractivity contribution in [1.82, 2.24) is 36.0 Å². The van der Waals surface area contributed by atoms with E-state index in [2.05, 4.69) is 43.3 Å². The van der Waals surface area contributed by atoms with Crippen LogP contribution in [0.5, 0.6) is 0 Å². The smallest absolute Gasteiger partial charge is 0.411 e. The van der Waals surface area contributed by atoms with Crippen molar-refractivity contribution in [3.05, 3.63) is 89.2 Å². The molecule has 1 atom stereocenters. The minimum Gasteiger partial charge on any atom is -0.477 e. The molecule has 2 fully saturated rings. The van der Waals surface area contributed by atoms with Crippen molar-refractivity contribution in [3.8, 4) is 22.5 Å². The summed E-state index contributed by atoms with van der Waals surface area (Å²) in [6, 6.07) is 17.6. The van der Waals surface area contributed by atoms with Crippen LogP contribution in [0.2, 0.25) is 0 Å². The first-order valence-electron chi connectivity index (χ1n) is 22.4. The van der Waals surface area contributed by atoms with E-state index in [1.807, 2.05) is 43.3 Å². The van der Waals surface area contributed by atoms with Crippen molar-refractivity contribution in [3.63, 3.8) is 0 Å². The second-order valence-electron chi connectivity index (χ2n) is 18.6. The molecule has 2 heterocycles. The van der Waals surface area contributed by atoms with Crippen LogP contribution in [0.25, 0.3) is 22.5 Å². The van der Waals surface area contributed by atoms with E-state index in [0.29, 0.717) is 50.3 Å². The van der Waals surface area contributed by atoms with Crippen molar-refractivity contribution in [2.75, 3.05) is 38.5 Å². The molecule has 4 amide bonds. The zero-order valence-electron chi connectivity index (χ0n) is 38.2. The monoisotopic (exact) mass is 934 g/mol. The molecule has 15 nitrogen and oxygen atoms in total. The van der Waals surface area contributed by atoms with Crippen molar-refractivity contribution < 1.29 is 51.4 Å². The molecule has 3 aromatic carbocycles. The Morgan fingerprint density at radius 2 is 1.45 bits per heavy atom. The van der Waals surface area contributed by atoms with Crippen LogP contribution in [0.1, 0.15) is 86.6 Å². The standard InChI is InChI=1S/C48H58F4N8O7/c1-28-24-35(40(61)53-26-31-20-22-60(5)23-21-31)16-19-37(28)32-10-6-29(7-11-32)25-38(56-41(62)34-12-8-30(9-13-34)27-54-45(66)67-46(2,3)4)42(63)55-36-17-14-33(15-18-36)39-57-43(59-58-39)47(49,50)48(51,52)44(64)65/h6-7,10-11,14-19,24,30-31,34,38H,8-9,12-13,20-23,25-27H2,1-5H3,(H,53,61)(H,54,66)(H,55,63)(H,56,62)(H,64,65)(H,57,58,59). The van der Waals surface area contributed by atoms with E-state index in [4.69, 9.17) is 9.84 Å². The van der Waals surface area contributed by atoms with Gasteiger partial charge in [-0.15, -0.1) is 0 Å². The highest BCUT2D eigenvalue weighted by atomic mass is 19.3. The highest BCUT2D eigenvalue weighted by Crippen LogP contribution is 2.42. The summed E-state index contributed by atoms with van der Waals surface area (Å²) in [5.41, 5.74) is 3.74. The molecule has 1 saturated heterocycles. The van der Waals surface area contributed by atoms with Gasteiger partial charge in [-0.3, -0.25) is 19.5 Å². The van der Waals surface area contributed by atoms with Gasteiger partial charge in [-0.2, -0.15) is 22.7 Å². The number of rotatable bonds is 16. The number of piperidine rings is 1. The number of nitrogens with one attached hydrogen (secondary N) is 5. The quantitative estimate of drug-likeness (QED) is 0.0617. The Kier molecular flexibility index (Phi) is 15.7. The number of hydrogen-bond acceptors (Lipinski definition) is 9. The molecule has 1 saturated carbocycles. The number of nitrogens with zero attached hydrogens (tertiary/aromatic N) is 3. The molecule has 6 rings (SSSR count). The van der Waals surface area contributed by atoms with Gasteiger partial charge in [0.25, 0.3) is 5.91 Å². The number of ether oxygens (including phenoxy) is 1. The topological polar surface area (TPSA) is 208 Å². The number of hydrogen-bond donors (Lipinski definition) is 6. The maximum absolute atomic E-state index is 14.3. The van der Waals surface area contributed by atoms with Crippen LogP contribution < -0.4 is 21.3 Å². The molecule has 0 spiro atoms. The van der Waals surface area contributed by atoms with Gasteiger partial charge in [-0.05, 0) is 157 Å². The lowest BCUT2D eigenvalue weighted by Crippen LogP contribution is -2.48. The summed E-state index contributed by atoms with van der Waals surface area (Å²) in [6.07, 6.45) is 4.13. The van der Waals surface area contributed by atoms with Crippen LogP contribution >= 0.6 is 0 Å². The van der Waals surface area contributed by atoms with Crippen molar-refractivity contribution >= 4 is 35.5 Å². The van der Waals surface area contributed by atoms with E-state index >= 15 is 0 Å². The second-order valence-corrected chi connectivity index (χ2v) is 18.6. The number of anilines is 1. The number of alkyl carbamates (subject to hydrolysis) is 1. The van der Waals surface area contributed by atoms with Crippen molar-refractivity contribution in [1.29, 1.82) is 0 Å². The number of carboxylic acids is 1. The van der Waals surface area contributed by atoms with E-state index in [1.165, 1.54) is 24.3 Å². The van der Waals surface area contributed by atoms with Gasteiger partial charge in [0.15, 0.2) is 5.82 Å². The summed E-state index contributed by atoms with van der Waals surface area (Å²) in [4.78, 5) is 69.5. The number of aliphatic carboxylic acids is 1. The van der Waals surface area contributed by atoms with Crippen molar-refractivity contribution in [2.24, 2.45) is 17.8 Å². The molecule has 4 aromatic rings. The first-order chi connectivity index (χ1) is 31.6. The Balaban J connectivity index is 1.12. The van der Waals surface area contributed by atoms with Crippen LogP contribution in [0, 0.1) is 24.7 Å². The van der Waals surface area contributed by atoms with Crippen LogP contribution in [0.4, 0.5) is 28.0 Å². The number of H-pyrrole nitrogens is 1. The summed E-state index contributed by atoms with van der Waals surface area (Å²) in [5, 5.41) is 25.5. The number of halogens is 4.